The molecule has 30 N–H and O–H groups in total. The van der Waals surface area contributed by atoms with Crippen LogP contribution < -0.4 is 129 Å². The van der Waals surface area contributed by atoms with E-state index in [4.69, 9.17) is 22.9 Å². The normalized spacial score (nSPS) is 16.3. The zero-order valence-electron chi connectivity index (χ0n) is 54.0. The summed E-state index contributed by atoms with van der Waals surface area (Å²) in [5.41, 5.74) is 29.7. The second kappa shape index (κ2) is 45.6. The Labute approximate surface area is 565 Å². The van der Waals surface area contributed by atoms with E-state index >= 15 is 0 Å². The third-order valence-electron chi connectivity index (χ3n) is 13.7. The molecule has 41 nitrogen and oxygen atoms in total. The number of guanidine groups is 2. The summed E-state index contributed by atoms with van der Waals surface area (Å²) in [5, 5.41) is 73.9. The summed E-state index contributed by atoms with van der Waals surface area (Å²) in [5.74, 6) is -16.0. The van der Waals surface area contributed by atoms with Crippen molar-refractivity contribution >= 4 is 107 Å². The zero-order chi connectivity index (χ0) is 74.0. The number of hydrogen-bond donors (Lipinski definition) is 22. The van der Waals surface area contributed by atoms with Crippen molar-refractivity contribution < 1.29 is 119 Å². The number of unbranched alkanes of at least 4 members (excludes halogenated alkanes) is 1. The number of phenols is 1. The molecule has 1 aliphatic rings. The molecular weight excluding hydrogens is 1310 g/mol. The van der Waals surface area contributed by atoms with Crippen LogP contribution in [0.3, 0.4) is 0 Å². The van der Waals surface area contributed by atoms with Gasteiger partial charge in [-0.25, -0.2) is 0 Å². The Morgan fingerprint density at radius 1 is 0.515 bits per heavy atom. The number of hydrogen-bond acceptors (Lipinski definition) is 20. The van der Waals surface area contributed by atoms with E-state index in [1.807, 2.05) is 0 Å². The maximum Gasteiger partial charge on any atom is 0.338 e. The first-order valence-electron chi connectivity index (χ1n) is 30.9. The number of quaternary nitrogens is 2. The SMILES string of the molecule is NC(N)=[NH+]CCCC(NC(=O)CNC(=O)CNC(=O)CNC(=O)CNC(=O)C[NH3+])C(=O)NCC(=O)N[C@@H](CC(=O)[O-])C(=O)N[C@H](Cc1ccc(O)cc1)C(=O)[O-].NC(N)=[NH+]CCC[C@@H]1NC(=O)[C@H](CCCC[NH3+])NC(=O)[C@H](Cc2ccccc2)NC(=O)[C@H](CC(=O)[O-])NC(=O)CNC1=O. The predicted molar refractivity (Wildman–Crippen MR) is 334 cm³/mol. The van der Waals surface area contributed by atoms with Crippen LogP contribution >= 0.6 is 0 Å². The van der Waals surface area contributed by atoms with Crippen LogP contribution in [0.5, 0.6) is 5.75 Å². The molecule has 1 unspecified atom stereocenters. The van der Waals surface area contributed by atoms with Gasteiger partial charge in [-0.2, -0.15) is 0 Å². The van der Waals surface area contributed by atoms with Gasteiger partial charge in [0.25, 0.3) is 5.91 Å². The van der Waals surface area contributed by atoms with E-state index < -0.39 is 183 Å². The van der Waals surface area contributed by atoms with Crippen molar-refractivity contribution in [2.45, 2.75) is 113 Å². The molecule has 0 saturated carbocycles. The summed E-state index contributed by atoms with van der Waals surface area (Å²) in [6.45, 7) is -2.63. The Morgan fingerprint density at radius 3 is 1.55 bits per heavy atom. The van der Waals surface area contributed by atoms with Gasteiger partial charge in [0.15, 0.2) is 6.54 Å². The van der Waals surface area contributed by atoms with Crippen molar-refractivity contribution in [3.63, 3.8) is 0 Å². The van der Waals surface area contributed by atoms with E-state index in [9.17, 15) is 97.1 Å². The Kier molecular flexibility index (Phi) is 38.3. The van der Waals surface area contributed by atoms with Gasteiger partial charge in [-0.05, 0) is 74.6 Å². The van der Waals surface area contributed by atoms with Gasteiger partial charge in [0.2, 0.25) is 70.9 Å². The molecule has 2 aromatic rings. The highest BCUT2D eigenvalue weighted by Gasteiger charge is 2.33. The van der Waals surface area contributed by atoms with Gasteiger partial charge in [-0.15, -0.1) is 0 Å². The Hall–Kier alpha value is -11.8. The number of carboxylic acid groups (broad SMARTS) is 3. The summed E-state index contributed by atoms with van der Waals surface area (Å²) in [6, 6.07) is 4.20. The molecule has 0 radical (unpaired) electrons. The molecule has 0 aromatic heterocycles. The predicted octanol–water partition coefficient (Wildman–Crippen LogP) is -19.8. The van der Waals surface area contributed by atoms with E-state index in [-0.39, 0.29) is 75.8 Å². The fraction of sp³-hybridized carbons (Fsp3) is 0.483. The lowest BCUT2D eigenvalue weighted by molar-refractivity contribution is -0.460. The van der Waals surface area contributed by atoms with E-state index in [0.717, 1.165) is 0 Å². The van der Waals surface area contributed by atoms with Crippen molar-refractivity contribution in [3.8, 4) is 5.75 Å². The van der Waals surface area contributed by atoms with Crippen LogP contribution in [0, 0.1) is 0 Å². The average molecular weight is 1400 g/mol. The standard InChI is InChI=1S/C31H46N12O13.C27H41N9O7/c32-10-21(45)36-11-22(46)37-12-23(47)38-13-24(48)39-14-25(49)41-18(2-1-7-35-31(33)34)28(53)40-15-26(50)42-19(9-27(51)52)29(54)43-20(30(55)56)8-16-3-5-17(44)6-4-16;28-11-5-4-9-18-24(41)34-17(10-6-12-31-27(29)30)23(40)32-15-21(37)33-20(14-22(38)39)26(43)36-19(25(42)35-18)13-16-7-2-1-3-8-16/h3-6,18-20,44H,1-2,7-15,32H2,(H,36,45)(H,37,46)(H,38,47)(H,39,48)(H,40,53)(H,41,49)(H,42,50)(H,43,54)(H,51,52)(H,55,56)(H4,33,34,35);1-3,7-8,17-20H,4-6,9-15,28H2,(H,32,40)(H,33,37)(H,34,41)(H,35,42)(H,36,43)(H,38,39)(H4,29,30,31)/p+1/t18?,19-,20+;17-,18-,19-,20-/m00/s1. The fourth-order valence-electron chi connectivity index (χ4n) is 8.68. The molecule has 99 heavy (non-hydrogen) atoms. The molecule has 0 spiro atoms. The smallest absolute Gasteiger partial charge is 0.338 e. The lowest BCUT2D eigenvalue weighted by atomic mass is 10.0. The minimum atomic E-state index is -1.85. The zero-order valence-corrected chi connectivity index (χ0v) is 54.0. The molecule has 1 saturated heterocycles. The van der Waals surface area contributed by atoms with Gasteiger partial charge >= 0.3 is 11.9 Å². The number of nitrogens with two attached hydrogens (primary N) is 4. The number of carbonyl (C=O) groups is 16. The molecule has 7 atom stereocenters. The molecule has 1 aliphatic heterocycles. The number of nitrogens with one attached hydrogen (secondary N) is 15. The van der Waals surface area contributed by atoms with Gasteiger partial charge in [0.1, 0.15) is 42.0 Å². The summed E-state index contributed by atoms with van der Waals surface area (Å²) < 4.78 is 0. The Bertz CT molecular complexity index is 3190. The first-order chi connectivity index (χ1) is 46.9. The highest BCUT2D eigenvalue weighted by Crippen LogP contribution is 2.13. The van der Waals surface area contributed by atoms with Crippen molar-refractivity contribution in [1.82, 2.24) is 69.1 Å². The van der Waals surface area contributed by atoms with Gasteiger partial charge in [0.05, 0.1) is 70.9 Å². The number of carboxylic acids is 3. The van der Waals surface area contributed by atoms with E-state index in [1.54, 1.807) is 30.3 Å². The summed E-state index contributed by atoms with van der Waals surface area (Å²) >= 11 is 0. The lowest BCUT2D eigenvalue weighted by Gasteiger charge is -2.26. The second-order valence-corrected chi connectivity index (χ2v) is 21.8. The van der Waals surface area contributed by atoms with Crippen molar-refractivity contribution in [2.75, 3.05) is 65.4 Å². The van der Waals surface area contributed by atoms with E-state index in [2.05, 4.69) is 90.6 Å². The van der Waals surface area contributed by atoms with E-state index in [0.29, 0.717) is 43.5 Å². The number of rotatable bonds is 37. The monoisotopic (exact) mass is 1400 g/mol. The molecule has 1 heterocycles. The third kappa shape index (κ3) is 36.6. The maximum absolute atomic E-state index is 13.6. The molecule has 13 amide bonds. The molecule has 3 rings (SSSR count). The summed E-state index contributed by atoms with van der Waals surface area (Å²) in [6.07, 6.45) is -0.224. The van der Waals surface area contributed by atoms with Crippen molar-refractivity contribution in [3.05, 3.63) is 65.7 Å². The first kappa shape index (κ1) is 83.3. The molecular formula is C58H88N21O20+. The first-order valence-corrected chi connectivity index (χ1v) is 30.9. The third-order valence-corrected chi connectivity index (χ3v) is 13.7. The van der Waals surface area contributed by atoms with Crippen LogP contribution in [0.2, 0.25) is 0 Å². The fourth-order valence-corrected chi connectivity index (χ4v) is 8.68. The topological polar surface area (TPSA) is 706 Å². The van der Waals surface area contributed by atoms with Crippen LogP contribution in [-0.2, 0) is 89.6 Å². The largest absolute Gasteiger partial charge is 0.550 e. The molecule has 41 heteroatoms. The lowest BCUT2D eigenvalue weighted by Crippen LogP contribution is -2.78. The van der Waals surface area contributed by atoms with Crippen LogP contribution in [0.25, 0.3) is 0 Å². The average Bonchev–Trinajstić information content (AvgIpc) is 1.77. The molecule has 2 aromatic carbocycles. The van der Waals surface area contributed by atoms with Crippen LogP contribution in [0.1, 0.15) is 68.9 Å². The number of aromatic hydroxyl groups is 1. The number of amides is 13. The van der Waals surface area contributed by atoms with Gasteiger partial charge in [-0.1, -0.05) is 42.5 Å². The minimum absolute atomic E-state index is 0.00851. The highest BCUT2D eigenvalue weighted by molar-refractivity contribution is 5.99. The van der Waals surface area contributed by atoms with Crippen molar-refractivity contribution in [2.24, 2.45) is 22.9 Å². The number of aliphatic carboxylic acids is 3. The van der Waals surface area contributed by atoms with Crippen LogP contribution in [0.15, 0.2) is 54.6 Å². The highest BCUT2D eigenvalue weighted by atomic mass is 16.4. The second-order valence-electron chi connectivity index (χ2n) is 21.8. The van der Waals surface area contributed by atoms with Crippen LogP contribution in [0.4, 0.5) is 0 Å². The molecule has 1 fully saturated rings. The number of phenolic OH excluding ortho intramolecular Hbond substituents is 1. The summed E-state index contributed by atoms with van der Waals surface area (Å²) in [4.78, 5) is 203. The Morgan fingerprint density at radius 2 is 1.01 bits per heavy atom. The van der Waals surface area contributed by atoms with E-state index in [1.165, 1.54) is 24.3 Å². The molecule has 544 valence electrons. The van der Waals surface area contributed by atoms with Gasteiger partial charge in [0, 0.05) is 31.2 Å². The van der Waals surface area contributed by atoms with Gasteiger partial charge in [-0.3, -0.25) is 95.2 Å². The van der Waals surface area contributed by atoms with Gasteiger partial charge < -0.3 is 115 Å². The van der Waals surface area contributed by atoms with Crippen LogP contribution in [-0.4, -0.2) is 219 Å². The maximum atomic E-state index is 13.6. The number of carbonyl (C=O) groups excluding carboxylic acids is 16. The van der Waals surface area contributed by atoms with Crippen molar-refractivity contribution in [1.29, 1.82) is 0 Å². The molecule has 0 aliphatic carbocycles. The Balaban J connectivity index is 0.000000696. The quantitative estimate of drug-likeness (QED) is 0.0170. The summed E-state index contributed by atoms with van der Waals surface area (Å²) in [7, 11) is 0. The number of benzene rings is 2. The molecule has 0 bridgehead atoms. The minimum Gasteiger partial charge on any atom is -0.550 e.